The minimum Gasteiger partial charge on any atom is -0.503 e. The van der Waals surface area contributed by atoms with Crippen LogP contribution in [-0.4, -0.2) is 42.7 Å². The standard InChI is InChI=1S/C14H20BrNO4/c1-19-12-7-10(6-11(15)13(12)18)8-16-14(9-17)2-4-20-5-3-14/h6-7,16-18H,2-5,8-9H2,1H3. The maximum atomic E-state index is 9.79. The third-order valence-electron chi connectivity index (χ3n) is 3.73. The number of aromatic hydroxyl groups is 1. The van der Waals surface area contributed by atoms with Crippen molar-refractivity contribution in [3.05, 3.63) is 22.2 Å². The van der Waals surface area contributed by atoms with E-state index >= 15 is 0 Å². The molecule has 1 saturated heterocycles. The zero-order valence-electron chi connectivity index (χ0n) is 11.5. The van der Waals surface area contributed by atoms with Crippen molar-refractivity contribution in [1.29, 1.82) is 0 Å². The molecule has 0 atom stereocenters. The largest absolute Gasteiger partial charge is 0.503 e. The van der Waals surface area contributed by atoms with E-state index in [2.05, 4.69) is 21.2 Å². The number of nitrogens with one attached hydrogen (secondary N) is 1. The van der Waals surface area contributed by atoms with Crippen LogP contribution in [0.4, 0.5) is 0 Å². The van der Waals surface area contributed by atoms with Crippen LogP contribution in [0.1, 0.15) is 18.4 Å². The lowest BCUT2D eigenvalue weighted by atomic mass is 9.90. The summed E-state index contributed by atoms with van der Waals surface area (Å²) < 4.78 is 11.1. The van der Waals surface area contributed by atoms with E-state index in [4.69, 9.17) is 9.47 Å². The van der Waals surface area contributed by atoms with Crippen LogP contribution in [0.2, 0.25) is 0 Å². The zero-order valence-corrected chi connectivity index (χ0v) is 13.1. The third-order valence-corrected chi connectivity index (χ3v) is 4.33. The Morgan fingerprint density at radius 3 is 2.70 bits per heavy atom. The number of phenolic OH excluding ortho intramolecular Hbond substituents is 1. The lowest BCUT2D eigenvalue weighted by Crippen LogP contribution is -2.51. The first kappa shape index (κ1) is 15.6. The van der Waals surface area contributed by atoms with E-state index in [9.17, 15) is 10.2 Å². The van der Waals surface area contributed by atoms with Crippen molar-refractivity contribution in [2.45, 2.75) is 24.9 Å². The molecular formula is C14H20BrNO4. The van der Waals surface area contributed by atoms with Crippen molar-refractivity contribution < 1.29 is 19.7 Å². The number of phenols is 1. The summed E-state index contributed by atoms with van der Waals surface area (Å²) in [6, 6.07) is 3.63. The Morgan fingerprint density at radius 2 is 2.10 bits per heavy atom. The second-order valence-corrected chi connectivity index (χ2v) is 5.89. The second kappa shape index (κ2) is 6.76. The van der Waals surface area contributed by atoms with Crippen LogP contribution in [0.15, 0.2) is 16.6 Å². The van der Waals surface area contributed by atoms with E-state index in [0.717, 1.165) is 18.4 Å². The van der Waals surface area contributed by atoms with Gasteiger partial charge in [0, 0.05) is 25.3 Å². The predicted molar refractivity (Wildman–Crippen MR) is 79.1 cm³/mol. The fourth-order valence-corrected chi connectivity index (χ4v) is 2.82. The number of benzene rings is 1. The van der Waals surface area contributed by atoms with Crippen molar-refractivity contribution >= 4 is 15.9 Å². The molecule has 3 N–H and O–H groups in total. The van der Waals surface area contributed by atoms with Gasteiger partial charge < -0.3 is 25.0 Å². The molecule has 0 spiro atoms. The maximum absolute atomic E-state index is 9.79. The van der Waals surface area contributed by atoms with Gasteiger partial charge in [-0.05, 0) is 46.5 Å². The first-order valence-corrected chi connectivity index (χ1v) is 7.38. The Labute approximate surface area is 127 Å². The van der Waals surface area contributed by atoms with Gasteiger partial charge in [0.05, 0.1) is 18.2 Å². The highest BCUT2D eigenvalue weighted by Crippen LogP contribution is 2.35. The first-order valence-electron chi connectivity index (χ1n) is 6.59. The van der Waals surface area contributed by atoms with Crippen LogP contribution in [0.5, 0.6) is 11.5 Å². The number of aliphatic hydroxyl groups is 1. The highest BCUT2D eigenvalue weighted by atomic mass is 79.9. The van der Waals surface area contributed by atoms with Gasteiger partial charge in [0.2, 0.25) is 0 Å². The zero-order chi connectivity index (χ0) is 14.6. The number of methoxy groups -OCH3 is 1. The van der Waals surface area contributed by atoms with Crippen molar-refractivity contribution in [3.8, 4) is 11.5 Å². The third kappa shape index (κ3) is 3.44. The summed E-state index contributed by atoms with van der Waals surface area (Å²) in [4.78, 5) is 0. The van der Waals surface area contributed by atoms with E-state index in [1.54, 1.807) is 6.07 Å². The van der Waals surface area contributed by atoms with Gasteiger partial charge in [0.1, 0.15) is 0 Å². The van der Waals surface area contributed by atoms with Gasteiger partial charge in [-0.1, -0.05) is 0 Å². The van der Waals surface area contributed by atoms with E-state index in [-0.39, 0.29) is 17.9 Å². The lowest BCUT2D eigenvalue weighted by Gasteiger charge is -2.36. The SMILES string of the molecule is COc1cc(CNC2(CO)CCOCC2)cc(Br)c1O. The van der Waals surface area contributed by atoms with Crippen molar-refractivity contribution in [1.82, 2.24) is 5.32 Å². The van der Waals surface area contributed by atoms with Gasteiger partial charge in [-0.3, -0.25) is 0 Å². The summed E-state index contributed by atoms with van der Waals surface area (Å²) in [5.74, 6) is 0.528. The van der Waals surface area contributed by atoms with Crippen molar-refractivity contribution in [2.75, 3.05) is 26.9 Å². The molecule has 6 heteroatoms. The number of hydrogen-bond acceptors (Lipinski definition) is 5. The molecule has 0 unspecified atom stereocenters. The average Bonchev–Trinajstić information content (AvgIpc) is 2.49. The molecule has 0 aliphatic carbocycles. The Balaban J connectivity index is 2.08. The molecule has 0 amide bonds. The Morgan fingerprint density at radius 1 is 1.40 bits per heavy atom. The molecule has 1 fully saturated rings. The molecule has 1 aromatic rings. The molecular weight excluding hydrogens is 326 g/mol. The lowest BCUT2D eigenvalue weighted by molar-refractivity contribution is 0.0111. The summed E-state index contributed by atoms with van der Waals surface area (Å²) in [6.45, 7) is 2.01. The topological polar surface area (TPSA) is 71.0 Å². The molecule has 0 aromatic heterocycles. The van der Waals surface area contributed by atoms with E-state index in [1.807, 2.05) is 6.07 Å². The van der Waals surface area contributed by atoms with E-state index in [0.29, 0.717) is 30.0 Å². The average molecular weight is 346 g/mol. The number of halogens is 1. The van der Waals surface area contributed by atoms with E-state index in [1.165, 1.54) is 7.11 Å². The Kier molecular flexibility index (Phi) is 5.26. The summed E-state index contributed by atoms with van der Waals surface area (Å²) in [5, 5.41) is 22.8. The predicted octanol–water partition coefficient (Wildman–Crippen LogP) is 1.79. The molecule has 1 aliphatic heterocycles. The molecule has 1 aromatic carbocycles. The number of ether oxygens (including phenoxy) is 2. The summed E-state index contributed by atoms with van der Waals surface area (Å²) in [7, 11) is 1.52. The summed E-state index contributed by atoms with van der Waals surface area (Å²) in [5.41, 5.74) is 0.696. The van der Waals surface area contributed by atoms with Crippen molar-refractivity contribution in [2.24, 2.45) is 0 Å². The molecule has 2 rings (SSSR count). The van der Waals surface area contributed by atoms with Crippen molar-refractivity contribution in [3.63, 3.8) is 0 Å². The summed E-state index contributed by atoms with van der Waals surface area (Å²) >= 11 is 3.31. The molecule has 1 aliphatic rings. The van der Waals surface area contributed by atoms with Gasteiger partial charge in [0.25, 0.3) is 0 Å². The Bertz CT molecular complexity index is 461. The molecule has 0 bridgehead atoms. The van der Waals surface area contributed by atoms with E-state index < -0.39 is 0 Å². The molecule has 0 radical (unpaired) electrons. The van der Waals surface area contributed by atoms with Crippen LogP contribution in [-0.2, 0) is 11.3 Å². The number of rotatable bonds is 5. The van der Waals surface area contributed by atoms with Crippen LogP contribution in [0.25, 0.3) is 0 Å². The van der Waals surface area contributed by atoms with Crippen LogP contribution >= 0.6 is 15.9 Å². The quantitative estimate of drug-likeness (QED) is 0.758. The highest BCUT2D eigenvalue weighted by molar-refractivity contribution is 9.10. The highest BCUT2D eigenvalue weighted by Gasteiger charge is 2.31. The normalized spacial score (nSPS) is 17.9. The fraction of sp³-hybridized carbons (Fsp3) is 0.571. The van der Waals surface area contributed by atoms with Gasteiger partial charge in [-0.2, -0.15) is 0 Å². The Hall–Kier alpha value is -0.820. The van der Waals surface area contributed by atoms with Gasteiger partial charge in [-0.15, -0.1) is 0 Å². The first-order chi connectivity index (χ1) is 9.60. The molecule has 0 saturated carbocycles. The van der Waals surface area contributed by atoms with Gasteiger partial charge >= 0.3 is 0 Å². The van der Waals surface area contributed by atoms with Crippen LogP contribution < -0.4 is 10.1 Å². The second-order valence-electron chi connectivity index (χ2n) is 5.03. The minimum absolute atomic E-state index is 0.0900. The molecule has 5 nitrogen and oxygen atoms in total. The van der Waals surface area contributed by atoms with Gasteiger partial charge in [-0.25, -0.2) is 0 Å². The molecule has 1 heterocycles. The molecule has 112 valence electrons. The number of hydrogen-bond donors (Lipinski definition) is 3. The fourth-order valence-electron chi connectivity index (χ4n) is 2.33. The van der Waals surface area contributed by atoms with Crippen LogP contribution in [0, 0.1) is 0 Å². The minimum atomic E-state index is -0.282. The smallest absolute Gasteiger partial charge is 0.172 e. The monoisotopic (exact) mass is 345 g/mol. The van der Waals surface area contributed by atoms with Gasteiger partial charge in [0.15, 0.2) is 11.5 Å². The molecule has 20 heavy (non-hydrogen) atoms. The summed E-state index contributed by atoms with van der Waals surface area (Å²) in [6.07, 6.45) is 1.58. The maximum Gasteiger partial charge on any atom is 0.172 e. The number of aliphatic hydroxyl groups excluding tert-OH is 1. The van der Waals surface area contributed by atoms with Crippen LogP contribution in [0.3, 0.4) is 0 Å².